The molecule has 0 unspecified atom stereocenters. The minimum atomic E-state index is -0.163. The van der Waals surface area contributed by atoms with Crippen molar-refractivity contribution in [2.24, 2.45) is 5.92 Å². The van der Waals surface area contributed by atoms with Crippen molar-refractivity contribution in [1.82, 2.24) is 19.5 Å². The van der Waals surface area contributed by atoms with Crippen LogP contribution in [0.2, 0.25) is 5.02 Å². The van der Waals surface area contributed by atoms with E-state index in [1.165, 1.54) is 15.9 Å². The second kappa shape index (κ2) is 8.30. The van der Waals surface area contributed by atoms with Crippen molar-refractivity contribution in [3.63, 3.8) is 0 Å². The smallest absolute Gasteiger partial charge is 0.309 e. The minimum absolute atomic E-state index is 0.0735. The zero-order chi connectivity index (χ0) is 20.5. The SMILES string of the molecule is CCOC(=O)C1CCN([C@H](c2ccc(Cl)cc2)c2sc3nc(C)nn3c2O)CC1. The molecule has 0 radical (unpaired) electrons. The van der Waals surface area contributed by atoms with E-state index < -0.39 is 0 Å². The van der Waals surface area contributed by atoms with Crippen LogP contribution in [0.1, 0.15) is 42.1 Å². The molecule has 3 heterocycles. The van der Waals surface area contributed by atoms with Gasteiger partial charge in [0.1, 0.15) is 5.82 Å². The fourth-order valence-electron chi connectivity index (χ4n) is 3.85. The fourth-order valence-corrected chi connectivity index (χ4v) is 5.14. The lowest BCUT2D eigenvalue weighted by Crippen LogP contribution is -2.39. The van der Waals surface area contributed by atoms with Crippen molar-refractivity contribution in [2.45, 2.75) is 32.7 Å². The van der Waals surface area contributed by atoms with Crippen LogP contribution >= 0.6 is 22.9 Å². The summed E-state index contributed by atoms with van der Waals surface area (Å²) in [4.78, 5) is 20.2. The normalized spacial score (nSPS) is 16.9. The van der Waals surface area contributed by atoms with Gasteiger partial charge in [-0.05, 0) is 57.5 Å². The van der Waals surface area contributed by atoms with Crippen molar-refractivity contribution < 1.29 is 14.6 Å². The van der Waals surface area contributed by atoms with Crippen molar-refractivity contribution in [1.29, 1.82) is 0 Å². The summed E-state index contributed by atoms with van der Waals surface area (Å²) in [5.41, 5.74) is 1.03. The molecule has 0 spiro atoms. The molecule has 1 atom stereocenters. The van der Waals surface area contributed by atoms with Gasteiger partial charge in [-0.25, -0.2) is 4.98 Å². The van der Waals surface area contributed by atoms with Gasteiger partial charge in [0.05, 0.1) is 23.4 Å². The van der Waals surface area contributed by atoms with Crippen molar-refractivity contribution in [3.05, 3.63) is 45.6 Å². The maximum atomic E-state index is 12.1. The first kappa shape index (κ1) is 20.1. The number of hydrogen-bond acceptors (Lipinski definition) is 7. The highest BCUT2D eigenvalue weighted by molar-refractivity contribution is 7.17. The van der Waals surface area contributed by atoms with Gasteiger partial charge in [0.25, 0.3) is 0 Å². The van der Waals surface area contributed by atoms with E-state index in [0.29, 0.717) is 22.4 Å². The number of thiazole rings is 1. The molecule has 3 aromatic rings. The summed E-state index contributed by atoms with van der Waals surface area (Å²) in [6.45, 7) is 5.48. The highest BCUT2D eigenvalue weighted by Crippen LogP contribution is 2.41. The number of likely N-dealkylation sites (tertiary alicyclic amines) is 1. The molecule has 1 aliphatic rings. The molecule has 4 rings (SSSR count). The fraction of sp³-hybridized carbons (Fsp3) is 0.450. The Morgan fingerprint density at radius 1 is 1.34 bits per heavy atom. The van der Waals surface area contributed by atoms with E-state index in [1.807, 2.05) is 31.2 Å². The first-order valence-electron chi connectivity index (χ1n) is 9.69. The lowest BCUT2D eigenvalue weighted by atomic mass is 9.93. The van der Waals surface area contributed by atoms with Gasteiger partial charge in [-0.1, -0.05) is 35.1 Å². The average Bonchev–Trinajstić information content (AvgIpc) is 3.22. The monoisotopic (exact) mass is 434 g/mol. The number of carbonyl (C=O) groups excluding carboxylic acids is 1. The van der Waals surface area contributed by atoms with Gasteiger partial charge >= 0.3 is 5.97 Å². The van der Waals surface area contributed by atoms with E-state index in [1.54, 1.807) is 6.92 Å². The van der Waals surface area contributed by atoms with Crippen LogP contribution in [0.25, 0.3) is 4.96 Å². The standard InChI is InChI=1S/C20H23ClN4O3S/c1-3-28-19(27)14-8-10-24(11-9-14)16(13-4-6-15(21)7-5-13)17-18(26)25-20(29-17)22-12(2)23-25/h4-7,14,16,26H,3,8-11H2,1-2H3/t16-/m1/s1. The second-order valence-corrected chi connectivity index (χ2v) is 8.61. The summed E-state index contributed by atoms with van der Waals surface area (Å²) in [5, 5.41) is 15.8. The van der Waals surface area contributed by atoms with Gasteiger partial charge < -0.3 is 9.84 Å². The summed E-state index contributed by atoms with van der Waals surface area (Å²) >= 11 is 7.53. The Morgan fingerprint density at radius 2 is 2.03 bits per heavy atom. The molecular weight excluding hydrogens is 412 g/mol. The molecule has 0 aliphatic carbocycles. The number of nitrogens with zero attached hydrogens (tertiary/aromatic N) is 4. The van der Waals surface area contributed by atoms with Gasteiger partial charge in [0.15, 0.2) is 0 Å². The highest BCUT2D eigenvalue weighted by Gasteiger charge is 2.34. The van der Waals surface area contributed by atoms with E-state index in [-0.39, 0.29) is 23.8 Å². The summed E-state index contributed by atoms with van der Waals surface area (Å²) in [6, 6.07) is 7.50. The molecule has 2 aromatic heterocycles. The molecule has 1 saturated heterocycles. The van der Waals surface area contributed by atoms with Gasteiger partial charge in [-0.3, -0.25) is 9.69 Å². The summed E-state index contributed by atoms with van der Waals surface area (Å²) < 4.78 is 6.68. The van der Waals surface area contributed by atoms with E-state index in [9.17, 15) is 9.90 Å². The van der Waals surface area contributed by atoms with Crippen LogP contribution in [0.3, 0.4) is 0 Å². The van der Waals surface area contributed by atoms with E-state index in [4.69, 9.17) is 16.3 Å². The zero-order valence-corrected chi connectivity index (χ0v) is 17.9. The Morgan fingerprint density at radius 3 is 2.66 bits per heavy atom. The predicted octanol–water partition coefficient (Wildman–Crippen LogP) is 3.82. The lowest BCUT2D eigenvalue weighted by Gasteiger charge is -2.36. The predicted molar refractivity (Wildman–Crippen MR) is 111 cm³/mol. The number of halogens is 1. The topological polar surface area (TPSA) is 80.0 Å². The van der Waals surface area contributed by atoms with Crippen LogP contribution in [0.15, 0.2) is 24.3 Å². The Labute approximate surface area is 177 Å². The molecule has 0 amide bonds. The van der Waals surface area contributed by atoms with Crippen molar-refractivity contribution in [2.75, 3.05) is 19.7 Å². The third-order valence-electron chi connectivity index (χ3n) is 5.25. The van der Waals surface area contributed by atoms with E-state index in [2.05, 4.69) is 15.0 Å². The Hall–Kier alpha value is -2.16. The molecule has 154 valence electrons. The number of aromatic hydroxyl groups is 1. The van der Waals surface area contributed by atoms with Gasteiger partial charge in [-0.15, -0.1) is 5.10 Å². The average molecular weight is 435 g/mol. The molecule has 1 N–H and O–H groups in total. The largest absolute Gasteiger partial charge is 0.492 e. The van der Waals surface area contributed by atoms with Crippen molar-refractivity contribution in [3.8, 4) is 5.88 Å². The van der Waals surface area contributed by atoms with Crippen LogP contribution < -0.4 is 0 Å². The first-order chi connectivity index (χ1) is 14.0. The maximum absolute atomic E-state index is 12.1. The number of ether oxygens (including phenoxy) is 1. The molecule has 9 heteroatoms. The number of hydrogen-bond donors (Lipinski definition) is 1. The van der Waals surface area contributed by atoms with Crippen LogP contribution in [0, 0.1) is 12.8 Å². The second-order valence-electron chi connectivity index (χ2n) is 7.16. The van der Waals surface area contributed by atoms with Gasteiger partial charge in [0, 0.05) is 5.02 Å². The minimum Gasteiger partial charge on any atom is -0.492 e. The maximum Gasteiger partial charge on any atom is 0.309 e. The van der Waals surface area contributed by atoms with Crippen molar-refractivity contribution >= 4 is 33.9 Å². The summed E-state index contributed by atoms with van der Waals surface area (Å²) in [7, 11) is 0. The number of piperidine rings is 1. The van der Waals surface area contributed by atoms with Crippen LogP contribution in [0.4, 0.5) is 0 Å². The molecule has 1 aliphatic heterocycles. The molecule has 29 heavy (non-hydrogen) atoms. The van der Waals surface area contributed by atoms with Crippen LogP contribution in [0.5, 0.6) is 5.88 Å². The zero-order valence-electron chi connectivity index (χ0n) is 16.3. The molecule has 1 fully saturated rings. The number of esters is 1. The molecule has 0 bridgehead atoms. The molecule has 1 aromatic carbocycles. The van der Waals surface area contributed by atoms with Gasteiger partial charge in [0.2, 0.25) is 10.8 Å². The number of carbonyl (C=O) groups is 1. The Bertz CT molecular complexity index is 1010. The van der Waals surface area contributed by atoms with E-state index in [0.717, 1.165) is 36.4 Å². The van der Waals surface area contributed by atoms with Crippen LogP contribution in [-0.4, -0.2) is 50.3 Å². The third kappa shape index (κ3) is 3.97. The van der Waals surface area contributed by atoms with Crippen LogP contribution in [-0.2, 0) is 9.53 Å². The molecule has 0 saturated carbocycles. The molecular formula is C20H23ClN4O3S. The number of aromatic nitrogens is 3. The first-order valence-corrected chi connectivity index (χ1v) is 10.9. The Kier molecular flexibility index (Phi) is 5.76. The quantitative estimate of drug-likeness (QED) is 0.615. The third-order valence-corrected chi connectivity index (χ3v) is 6.58. The summed E-state index contributed by atoms with van der Waals surface area (Å²) in [5.74, 6) is 0.539. The highest BCUT2D eigenvalue weighted by atomic mass is 35.5. The molecule has 7 nitrogen and oxygen atoms in total. The number of rotatable bonds is 5. The number of benzene rings is 1. The Balaban J connectivity index is 1.66. The van der Waals surface area contributed by atoms with Gasteiger partial charge in [-0.2, -0.15) is 4.52 Å². The van der Waals surface area contributed by atoms with E-state index >= 15 is 0 Å². The number of fused-ring (bicyclic) bond motifs is 1. The lowest BCUT2D eigenvalue weighted by molar-refractivity contribution is -0.149. The summed E-state index contributed by atoms with van der Waals surface area (Å²) in [6.07, 6.45) is 1.45. The number of aryl methyl sites for hydroxylation is 1.